The van der Waals surface area contributed by atoms with Crippen molar-refractivity contribution in [2.45, 2.75) is 75.5 Å². The minimum atomic E-state index is -3.74. The number of anilines is 1. The van der Waals surface area contributed by atoms with Gasteiger partial charge in [-0.15, -0.1) is 0 Å². The van der Waals surface area contributed by atoms with Crippen LogP contribution >= 0.6 is 0 Å². The molecule has 1 aromatic carbocycles. The van der Waals surface area contributed by atoms with Gasteiger partial charge in [0.05, 0.1) is 36.3 Å². The maximum absolute atomic E-state index is 13.7. The maximum atomic E-state index is 13.7. The average molecular weight is 658 g/mol. The number of carboxylic acids is 1. The summed E-state index contributed by atoms with van der Waals surface area (Å²) >= 11 is 0. The van der Waals surface area contributed by atoms with Crippen molar-refractivity contribution in [1.82, 2.24) is 9.97 Å². The van der Waals surface area contributed by atoms with Crippen molar-refractivity contribution in [3.63, 3.8) is 0 Å². The lowest BCUT2D eigenvalue weighted by atomic mass is 9.97. The highest BCUT2D eigenvalue weighted by molar-refractivity contribution is 7.92. The van der Waals surface area contributed by atoms with Crippen molar-refractivity contribution in [2.75, 3.05) is 17.6 Å². The van der Waals surface area contributed by atoms with E-state index >= 15 is 0 Å². The standard InChI is InChI=1S/C28H36FN3O12S/c1-13(2)20-18(21(14-5-7-15(29)8-6-14)31-28(30-20)32(3)45(4,41)42)10-9-16(33)11-17(34)12-19(35)43-27-24(38)22(36)23(37)25(44-27)26(39)40/h5-10,13,16-17,22-25,27,33-34,36-38H,11-12H2,1-4H3,(H,39,40)/t16-,17-,22+,23+,24-,25+,27-/m1/s1. The molecule has 248 valence electrons. The van der Waals surface area contributed by atoms with Gasteiger partial charge in [0, 0.05) is 24.6 Å². The van der Waals surface area contributed by atoms with E-state index in [0.717, 1.165) is 10.6 Å². The number of carboxylic acid groups (broad SMARTS) is 1. The van der Waals surface area contributed by atoms with Crippen molar-refractivity contribution < 1.29 is 62.5 Å². The van der Waals surface area contributed by atoms with E-state index in [1.165, 1.54) is 43.5 Å². The summed E-state index contributed by atoms with van der Waals surface area (Å²) in [6, 6.07) is 5.29. The quantitative estimate of drug-likeness (QED) is 0.162. The van der Waals surface area contributed by atoms with Gasteiger partial charge in [-0.05, 0) is 30.2 Å². The monoisotopic (exact) mass is 657 g/mol. The molecule has 15 nitrogen and oxygen atoms in total. The highest BCUT2D eigenvalue weighted by Crippen LogP contribution is 2.32. The number of esters is 1. The zero-order valence-electron chi connectivity index (χ0n) is 24.8. The Balaban J connectivity index is 1.80. The summed E-state index contributed by atoms with van der Waals surface area (Å²) in [5.41, 5.74) is 1.45. The molecule has 0 amide bonds. The van der Waals surface area contributed by atoms with Gasteiger partial charge in [0.25, 0.3) is 0 Å². The molecule has 0 aliphatic carbocycles. The Hall–Kier alpha value is -3.58. The molecule has 6 N–H and O–H groups in total. The predicted octanol–water partition coefficient (Wildman–Crippen LogP) is -0.247. The van der Waals surface area contributed by atoms with Gasteiger partial charge in [-0.3, -0.25) is 4.79 Å². The van der Waals surface area contributed by atoms with Crippen LogP contribution in [0.5, 0.6) is 0 Å². The second kappa shape index (κ2) is 14.7. The van der Waals surface area contributed by atoms with Crippen LogP contribution in [0, 0.1) is 5.82 Å². The third-order valence-electron chi connectivity index (χ3n) is 6.87. The van der Waals surface area contributed by atoms with E-state index in [9.17, 15) is 47.9 Å². The third kappa shape index (κ3) is 9.00. The Bertz CT molecular complexity index is 1500. The number of ether oxygens (including phenoxy) is 2. The molecular weight excluding hydrogens is 621 g/mol. The number of aromatic nitrogens is 2. The van der Waals surface area contributed by atoms with Gasteiger partial charge < -0.3 is 40.1 Å². The summed E-state index contributed by atoms with van der Waals surface area (Å²) in [5, 5.41) is 59.7. The van der Waals surface area contributed by atoms with Crippen LogP contribution in [-0.2, 0) is 29.1 Å². The first-order valence-electron chi connectivity index (χ1n) is 13.7. The van der Waals surface area contributed by atoms with Gasteiger partial charge in [0.2, 0.25) is 22.3 Å². The minimum absolute atomic E-state index is 0.129. The highest BCUT2D eigenvalue weighted by atomic mass is 32.2. The van der Waals surface area contributed by atoms with Gasteiger partial charge in [-0.1, -0.05) is 26.0 Å². The SMILES string of the molecule is CC(C)c1nc(N(C)S(C)(=O)=O)nc(-c2ccc(F)cc2)c1C=C[C@@H](O)C[C@@H](O)CC(=O)O[C@@H]1O[C@H](C(=O)O)[C@@H](O)[C@H](O)[C@H]1O. The number of halogens is 1. The molecule has 1 aliphatic heterocycles. The van der Waals surface area contributed by atoms with Crippen LogP contribution in [0.4, 0.5) is 10.3 Å². The Morgan fingerprint density at radius 2 is 1.71 bits per heavy atom. The molecule has 0 bridgehead atoms. The molecule has 0 unspecified atom stereocenters. The number of hydrogen-bond acceptors (Lipinski definition) is 13. The largest absolute Gasteiger partial charge is 0.479 e. The van der Waals surface area contributed by atoms with E-state index in [1.54, 1.807) is 13.8 Å². The molecule has 3 rings (SSSR count). The fraction of sp³-hybridized carbons (Fsp3) is 0.500. The first kappa shape index (κ1) is 35.9. The van der Waals surface area contributed by atoms with Gasteiger partial charge in [0.15, 0.2) is 6.10 Å². The molecule has 2 aromatic rings. The topological polar surface area (TPSA) is 237 Å². The summed E-state index contributed by atoms with van der Waals surface area (Å²) in [6.45, 7) is 3.60. The number of aliphatic carboxylic acids is 1. The lowest BCUT2D eigenvalue weighted by molar-refractivity contribution is -0.286. The molecule has 1 fully saturated rings. The molecule has 2 heterocycles. The van der Waals surface area contributed by atoms with Gasteiger partial charge >= 0.3 is 11.9 Å². The molecule has 1 aromatic heterocycles. The number of aliphatic hydroxyl groups is 5. The van der Waals surface area contributed by atoms with Crippen LogP contribution in [0.25, 0.3) is 17.3 Å². The molecule has 1 saturated heterocycles. The Morgan fingerprint density at radius 1 is 1.09 bits per heavy atom. The van der Waals surface area contributed by atoms with E-state index in [4.69, 9.17) is 14.6 Å². The summed E-state index contributed by atoms with van der Waals surface area (Å²) in [5.74, 6) is -3.74. The summed E-state index contributed by atoms with van der Waals surface area (Å²) in [4.78, 5) is 32.4. The zero-order valence-corrected chi connectivity index (χ0v) is 25.6. The fourth-order valence-corrected chi connectivity index (χ4v) is 4.74. The number of benzene rings is 1. The number of aliphatic hydroxyl groups excluding tert-OH is 5. The lowest BCUT2D eigenvalue weighted by Gasteiger charge is -2.38. The molecule has 7 atom stereocenters. The van der Waals surface area contributed by atoms with Gasteiger partial charge in [-0.2, -0.15) is 0 Å². The fourth-order valence-electron chi connectivity index (χ4n) is 4.36. The summed E-state index contributed by atoms with van der Waals surface area (Å²) in [6.07, 6.45) is -10.1. The maximum Gasteiger partial charge on any atom is 0.335 e. The molecule has 0 radical (unpaired) electrons. The smallest absolute Gasteiger partial charge is 0.335 e. The second-order valence-electron chi connectivity index (χ2n) is 10.8. The van der Waals surface area contributed by atoms with Crippen LogP contribution in [0.15, 0.2) is 30.3 Å². The number of sulfonamides is 1. The van der Waals surface area contributed by atoms with Crippen LogP contribution in [-0.4, -0.2) is 117 Å². The summed E-state index contributed by atoms with van der Waals surface area (Å²) < 4.78 is 48.7. The summed E-state index contributed by atoms with van der Waals surface area (Å²) in [7, 11) is -2.45. The molecular formula is C28H36FN3O12S. The normalized spacial score (nSPS) is 23.6. The van der Waals surface area contributed by atoms with Crippen molar-refractivity contribution in [3.05, 3.63) is 47.4 Å². The van der Waals surface area contributed by atoms with Crippen LogP contribution in [0.2, 0.25) is 0 Å². The lowest BCUT2D eigenvalue weighted by Crippen LogP contribution is -2.60. The van der Waals surface area contributed by atoms with Crippen molar-refractivity contribution in [3.8, 4) is 11.3 Å². The molecule has 0 spiro atoms. The number of hydrogen-bond donors (Lipinski definition) is 6. The minimum Gasteiger partial charge on any atom is -0.479 e. The Morgan fingerprint density at radius 3 is 2.27 bits per heavy atom. The number of carbonyl (C=O) groups excluding carboxylic acids is 1. The van der Waals surface area contributed by atoms with E-state index in [1.807, 2.05) is 0 Å². The zero-order chi connectivity index (χ0) is 33.8. The number of rotatable bonds is 12. The Labute approximate surface area is 258 Å². The molecule has 0 saturated carbocycles. The second-order valence-corrected chi connectivity index (χ2v) is 12.8. The van der Waals surface area contributed by atoms with Crippen LogP contribution in [0.3, 0.4) is 0 Å². The van der Waals surface area contributed by atoms with Crippen LogP contribution in [0.1, 0.15) is 43.9 Å². The van der Waals surface area contributed by atoms with Crippen LogP contribution < -0.4 is 4.31 Å². The average Bonchev–Trinajstić information content (AvgIpc) is 2.95. The van der Waals surface area contributed by atoms with E-state index in [2.05, 4.69) is 9.97 Å². The third-order valence-corrected chi connectivity index (χ3v) is 8.03. The van der Waals surface area contributed by atoms with E-state index < -0.39 is 83.5 Å². The van der Waals surface area contributed by atoms with Crippen molar-refractivity contribution in [2.24, 2.45) is 0 Å². The Kier molecular flexibility index (Phi) is 11.7. The van der Waals surface area contributed by atoms with Gasteiger partial charge in [-0.25, -0.2) is 31.9 Å². The first-order valence-corrected chi connectivity index (χ1v) is 15.5. The van der Waals surface area contributed by atoms with Gasteiger partial charge in [0.1, 0.15) is 24.1 Å². The van der Waals surface area contributed by atoms with E-state index in [0.29, 0.717) is 16.8 Å². The van der Waals surface area contributed by atoms with Crippen molar-refractivity contribution in [1.29, 1.82) is 0 Å². The van der Waals surface area contributed by atoms with Crippen molar-refractivity contribution >= 4 is 34.0 Å². The predicted molar refractivity (Wildman–Crippen MR) is 155 cm³/mol. The number of carbonyl (C=O) groups is 2. The highest BCUT2D eigenvalue weighted by Gasteiger charge is 2.48. The van der Waals surface area contributed by atoms with E-state index in [-0.39, 0.29) is 17.6 Å². The number of nitrogens with zero attached hydrogens (tertiary/aromatic N) is 3. The molecule has 45 heavy (non-hydrogen) atoms. The first-order chi connectivity index (χ1) is 20.9. The molecule has 1 aliphatic rings. The molecule has 17 heteroatoms.